The average Bonchev–Trinajstić information content (AvgIpc) is 2.68. The Balaban J connectivity index is 3.63. The highest BCUT2D eigenvalue weighted by Crippen LogP contribution is 2.48. The SMILES string of the molecule is CC1(C)C(CO[N+](=O)[O-])C(CO[N+](=O)[O-])C(CO[N+](=O)[O-])C(CO[N+](=O)[O-])C(C)(C)N1O. The van der Waals surface area contributed by atoms with Crippen molar-refractivity contribution < 1.29 is 44.9 Å². The number of hydrogen-bond donors (Lipinski definition) is 1. The van der Waals surface area contributed by atoms with Crippen LogP contribution in [0.3, 0.4) is 0 Å². The van der Waals surface area contributed by atoms with Crippen LogP contribution < -0.4 is 0 Å². The summed E-state index contributed by atoms with van der Waals surface area (Å²) >= 11 is 0. The molecular weight excluding hydrogens is 446 g/mol. The number of nitrogens with zero attached hydrogens (tertiary/aromatic N) is 5. The van der Waals surface area contributed by atoms with Crippen LogP contribution in [0.5, 0.6) is 0 Å². The second-order valence-corrected chi connectivity index (χ2v) is 8.24. The van der Waals surface area contributed by atoms with Crippen LogP contribution in [0, 0.1) is 64.1 Å². The van der Waals surface area contributed by atoms with E-state index in [9.17, 15) is 45.7 Å². The molecule has 4 atom stereocenters. The van der Waals surface area contributed by atoms with E-state index >= 15 is 0 Å². The Morgan fingerprint density at radius 2 is 0.906 bits per heavy atom. The lowest BCUT2D eigenvalue weighted by Crippen LogP contribution is -2.59. The standard InChI is InChI=1S/C14H25N5O13/c1-13(2)11(7-31-18(25)26)9(5-29-16(21)22)10(6-30-17(23)24)12(8-32-19(27)28)14(3,4)15(13)20/h9-12,20H,5-8H2,1-4H3. The van der Waals surface area contributed by atoms with E-state index in [1.807, 2.05) is 0 Å². The number of rotatable bonds is 12. The van der Waals surface area contributed by atoms with Gasteiger partial charge in [0, 0.05) is 22.9 Å². The first-order valence-corrected chi connectivity index (χ1v) is 9.20. The van der Waals surface area contributed by atoms with E-state index in [0.717, 1.165) is 5.06 Å². The third-order valence-corrected chi connectivity index (χ3v) is 5.95. The molecule has 0 spiro atoms. The lowest BCUT2D eigenvalue weighted by molar-refractivity contribution is -0.768. The molecule has 0 radical (unpaired) electrons. The molecule has 4 unspecified atom stereocenters. The van der Waals surface area contributed by atoms with Crippen LogP contribution in [0.15, 0.2) is 0 Å². The molecule has 18 nitrogen and oxygen atoms in total. The van der Waals surface area contributed by atoms with Crippen LogP contribution in [-0.4, -0.2) is 68.1 Å². The van der Waals surface area contributed by atoms with Gasteiger partial charge in [0.25, 0.3) is 20.3 Å². The summed E-state index contributed by atoms with van der Waals surface area (Å²) in [5, 5.41) is 50.7. The zero-order valence-corrected chi connectivity index (χ0v) is 17.7. The quantitative estimate of drug-likeness (QED) is 0.302. The number of hydroxylamine groups is 2. The fraction of sp³-hybridized carbons (Fsp3) is 1.00. The molecule has 184 valence electrons. The summed E-state index contributed by atoms with van der Waals surface area (Å²) in [6.45, 7) is 3.08. The molecule has 1 aliphatic heterocycles. The molecule has 1 heterocycles. The van der Waals surface area contributed by atoms with Crippen molar-refractivity contribution in [2.45, 2.75) is 38.8 Å². The van der Waals surface area contributed by atoms with Crippen LogP contribution in [0.1, 0.15) is 27.7 Å². The van der Waals surface area contributed by atoms with E-state index in [-0.39, 0.29) is 0 Å². The largest absolute Gasteiger partial charge is 0.314 e. The second kappa shape index (κ2) is 10.4. The van der Waals surface area contributed by atoms with Crippen molar-refractivity contribution in [2.24, 2.45) is 23.7 Å². The third kappa shape index (κ3) is 6.36. The topological polar surface area (TPSA) is 233 Å². The van der Waals surface area contributed by atoms with Gasteiger partial charge in [-0.25, -0.2) is 0 Å². The van der Waals surface area contributed by atoms with Crippen molar-refractivity contribution in [1.29, 1.82) is 0 Å². The van der Waals surface area contributed by atoms with Crippen LogP contribution in [0.25, 0.3) is 0 Å². The monoisotopic (exact) mass is 471 g/mol. The van der Waals surface area contributed by atoms with E-state index in [0.29, 0.717) is 0 Å². The van der Waals surface area contributed by atoms with Crippen molar-refractivity contribution in [2.75, 3.05) is 26.4 Å². The Morgan fingerprint density at radius 1 is 0.656 bits per heavy atom. The zero-order chi connectivity index (χ0) is 24.9. The predicted molar refractivity (Wildman–Crippen MR) is 97.5 cm³/mol. The minimum atomic E-state index is -1.39. The maximum absolute atomic E-state index is 11.0. The van der Waals surface area contributed by atoms with Crippen molar-refractivity contribution >= 4 is 0 Å². The molecule has 18 heteroatoms. The Kier molecular flexibility index (Phi) is 8.66. The highest BCUT2D eigenvalue weighted by atomic mass is 17.0. The number of hydrogen-bond acceptors (Lipinski definition) is 14. The van der Waals surface area contributed by atoms with Gasteiger partial charge < -0.3 is 24.6 Å². The molecule has 0 bridgehead atoms. The first-order chi connectivity index (χ1) is 14.6. The van der Waals surface area contributed by atoms with Crippen LogP contribution in [0.2, 0.25) is 0 Å². The Hall–Kier alpha value is -3.28. The van der Waals surface area contributed by atoms with Crippen molar-refractivity contribution in [3.05, 3.63) is 40.5 Å². The Labute approximate surface area is 180 Å². The normalized spacial score (nSPS) is 26.9. The predicted octanol–water partition coefficient (Wildman–Crippen LogP) is 0.546. The van der Waals surface area contributed by atoms with Gasteiger partial charge in [0.1, 0.15) is 26.4 Å². The van der Waals surface area contributed by atoms with Crippen molar-refractivity contribution in [3.63, 3.8) is 0 Å². The minimum absolute atomic E-state index is 0.670. The fourth-order valence-corrected chi connectivity index (χ4v) is 4.41. The fourth-order valence-electron chi connectivity index (χ4n) is 4.41. The van der Waals surface area contributed by atoms with Crippen LogP contribution >= 0.6 is 0 Å². The van der Waals surface area contributed by atoms with Gasteiger partial charge in [0.15, 0.2) is 0 Å². The third-order valence-electron chi connectivity index (χ3n) is 5.95. The Morgan fingerprint density at radius 3 is 1.16 bits per heavy atom. The average molecular weight is 471 g/mol. The van der Waals surface area contributed by atoms with E-state index < -0.39 is 81.5 Å². The van der Waals surface area contributed by atoms with Gasteiger partial charge in [-0.2, -0.15) is 5.06 Å². The molecule has 1 fully saturated rings. The molecule has 1 saturated heterocycles. The lowest BCUT2D eigenvalue weighted by atomic mass is 9.69. The zero-order valence-electron chi connectivity index (χ0n) is 17.7. The first-order valence-electron chi connectivity index (χ1n) is 9.20. The van der Waals surface area contributed by atoms with E-state index in [4.69, 9.17) is 0 Å². The molecule has 0 aromatic rings. The first kappa shape index (κ1) is 26.8. The van der Waals surface area contributed by atoms with Crippen molar-refractivity contribution in [1.82, 2.24) is 5.06 Å². The highest BCUT2D eigenvalue weighted by molar-refractivity contribution is 5.05. The van der Waals surface area contributed by atoms with Gasteiger partial charge in [-0.1, -0.05) is 0 Å². The summed E-state index contributed by atoms with van der Waals surface area (Å²) in [4.78, 5) is 61.3. The molecule has 1 aliphatic rings. The van der Waals surface area contributed by atoms with Gasteiger partial charge in [-0.15, -0.1) is 40.5 Å². The van der Waals surface area contributed by atoms with Crippen LogP contribution in [0.4, 0.5) is 0 Å². The smallest absolute Gasteiger partial charge is 0.294 e. The molecule has 0 aliphatic carbocycles. The summed E-state index contributed by atoms with van der Waals surface area (Å²) in [5.74, 6) is -4.43. The van der Waals surface area contributed by atoms with Gasteiger partial charge in [-0.3, -0.25) is 0 Å². The molecule has 0 amide bonds. The molecule has 0 aromatic carbocycles. The molecule has 1 rings (SSSR count). The lowest BCUT2D eigenvalue weighted by Gasteiger charge is -2.47. The summed E-state index contributed by atoms with van der Waals surface area (Å²) in [5.41, 5.74) is -2.78. The van der Waals surface area contributed by atoms with Gasteiger partial charge >= 0.3 is 0 Å². The van der Waals surface area contributed by atoms with Gasteiger partial charge in [0.05, 0.1) is 0 Å². The van der Waals surface area contributed by atoms with E-state index in [1.54, 1.807) is 0 Å². The second-order valence-electron chi connectivity index (χ2n) is 8.24. The molecule has 0 saturated carbocycles. The maximum Gasteiger partial charge on any atom is 0.294 e. The Bertz CT molecular complexity index is 659. The van der Waals surface area contributed by atoms with Crippen molar-refractivity contribution in [3.8, 4) is 0 Å². The van der Waals surface area contributed by atoms with Crippen LogP contribution in [-0.2, 0) is 19.4 Å². The minimum Gasteiger partial charge on any atom is -0.314 e. The molecule has 0 aromatic heterocycles. The molecule has 32 heavy (non-hydrogen) atoms. The summed E-state index contributed by atoms with van der Waals surface area (Å²) in [7, 11) is 0. The summed E-state index contributed by atoms with van der Waals surface area (Å²) in [6, 6.07) is 0. The maximum atomic E-state index is 11.0. The van der Waals surface area contributed by atoms with E-state index in [2.05, 4.69) is 19.4 Å². The van der Waals surface area contributed by atoms with E-state index in [1.165, 1.54) is 27.7 Å². The summed E-state index contributed by atoms with van der Waals surface area (Å²) in [6.07, 6.45) is 0. The molecular formula is C14H25N5O13. The highest BCUT2D eigenvalue weighted by Gasteiger charge is 2.57. The molecule has 1 N–H and O–H groups in total. The summed E-state index contributed by atoms with van der Waals surface area (Å²) < 4.78 is 0. The van der Waals surface area contributed by atoms with Gasteiger partial charge in [-0.05, 0) is 39.5 Å². The van der Waals surface area contributed by atoms with Gasteiger partial charge in [0.2, 0.25) is 0 Å².